The number of rotatable bonds is 4. The van der Waals surface area contributed by atoms with Crippen molar-refractivity contribution in [2.24, 2.45) is 0 Å². The van der Waals surface area contributed by atoms with Crippen LogP contribution in [0.4, 0.5) is 11.4 Å². The Balaban J connectivity index is 2.71. The summed E-state index contributed by atoms with van der Waals surface area (Å²) in [5, 5.41) is 21.1. The second-order valence-corrected chi connectivity index (χ2v) is 4.04. The molecule has 4 N–H and O–H groups in total. The summed E-state index contributed by atoms with van der Waals surface area (Å²) in [6, 6.07) is 7.30. The van der Waals surface area contributed by atoms with Crippen molar-refractivity contribution in [1.29, 1.82) is 5.26 Å². The van der Waals surface area contributed by atoms with Gasteiger partial charge in [0, 0.05) is 6.04 Å². The lowest BCUT2D eigenvalue weighted by atomic mass is 10.1. The number of nitrogen functional groups attached to an aromatic ring is 1. The van der Waals surface area contributed by atoms with Gasteiger partial charge in [0.2, 0.25) is 0 Å². The Morgan fingerprint density at radius 2 is 2.19 bits per heavy atom. The van der Waals surface area contributed by atoms with Gasteiger partial charge in [-0.3, -0.25) is 0 Å². The number of aliphatic hydroxyl groups excluding tert-OH is 1. The highest BCUT2D eigenvalue weighted by Crippen LogP contribution is 2.21. The molecule has 4 heteroatoms. The van der Waals surface area contributed by atoms with Crippen LogP contribution in [0.25, 0.3) is 0 Å². The third-order valence-corrected chi connectivity index (χ3v) is 2.28. The normalized spacial score (nSPS) is 13.9. The minimum atomic E-state index is -0.345. The molecule has 2 unspecified atom stereocenters. The predicted molar refractivity (Wildman–Crippen MR) is 65.0 cm³/mol. The summed E-state index contributed by atoms with van der Waals surface area (Å²) < 4.78 is 0. The number of anilines is 2. The van der Waals surface area contributed by atoms with Crippen LogP contribution >= 0.6 is 0 Å². The van der Waals surface area contributed by atoms with E-state index in [1.807, 2.05) is 13.0 Å². The van der Waals surface area contributed by atoms with Gasteiger partial charge in [0.15, 0.2) is 0 Å². The number of nitrogens with zero attached hydrogens (tertiary/aromatic N) is 1. The van der Waals surface area contributed by atoms with Crippen LogP contribution in [-0.2, 0) is 0 Å². The predicted octanol–water partition coefficient (Wildman–Crippen LogP) is 1.71. The number of nitrogens with two attached hydrogens (primary N) is 1. The molecular weight excluding hydrogens is 202 g/mol. The van der Waals surface area contributed by atoms with E-state index in [4.69, 9.17) is 11.0 Å². The molecule has 0 aliphatic heterocycles. The van der Waals surface area contributed by atoms with E-state index < -0.39 is 0 Å². The first-order chi connectivity index (χ1) is 7.52. The molecule has 0 radical (unpaired) electrons. The molecule has 0 amide bonds. The molecule has 0 bridgehead atoms. The SMILES string of the molecule is CC(O)CC(C)Nc1ccc(C#N)cc1N. The Labute approximate surface area is 95.7 Å². The Kier molecular flexibility index (Phi) is 4.15. The maximum atomic E-state index is 9.24. The number of nitrogens with one attached hydrogen (secondary N) is 1. The van der Waals surface area contributed by atoms with Gasteiger partial charge < -0.3 is 16.2 Å². The smallest absolute Gasteiger partial charge is 0.0992 e. The average Bonchev–Trinajstić information content (AvgIpc) is 2.19. The molecule has 1 aromatic rings. The van der Waals surface area contributed by atoms with E-state index >= 15 is 0 Å². The largest absolute Gasteiger partial charge is 0.397 e. The van der Waals surface area contributed by atoms with Crippen LogP contribution < -0.4 is 11.1 Å². The van der Waals surface area contributed by atoms with Crippen molar-refractivity contribution in [3.05, 3.63) is 23.8 Å². The van der Waals surface area contributed by atoms with Crippen LogP contribution in [0.1, 0.15) is 25.8 Å². The van der Waals surface area contributed by atoms with E-state index in [9.17, 15) is 5.11 Å². The molecule has 0 saturated carbocycles. The summed E-state index contributed by atoms with van der Waals surface area (Å²) in [6.07, 6.45) is 0.307. The van der Waals surface area contributed by atoms with Crippen LogP contribution in [0.15, 0.2) is 18.2 Å². The van der Waals surface area contributed by atoms with E-state index in [1.165, 1.54) is 0 Å². The molecule has 1 rings (SSSR count). The van der Waals surface area contributed by atoms with E-state index in [0.29, 0.717) is 17.7 Å². The maximum Gasteiger partial charge on any atom is 0.0992 e. The van der Waals surface area contributed by atoms with Crippen LogP contribution in [0.3, 0.4) is 0 Å². The van der Waals surface area contributed by atoms with Crippen molar-refractivity contribution in [3.8, 4) is 6.07 Å². The molecule has 1 aromatic carbocycles. The van der Waals surface area contributed by atoms with Gasteiger partial charge in [-0.2, -0.15) is 5.26 Å². The molecule has 0 spiro atoms. The van der Waals surface area contributed by atoms with Gasteiger partial charge in [-0.25, -0.2) is 0 Å². The highest BCUT2D eigenvalue weighted by atomic mass is 16.3. The number of hydrogen-bond acceptors (Lipinski definition) is 4. The van der Waals surface area contributed by atoms with E-state index in [1.54, 1.807) is 25.1 Å². The standard InChI is InChI=1S/C12H17N3O/c1-8(5-9(2)16)15-12-4-3-10(7-13)6-11(12)14/h3-4,6,8-9,15-16H,5,14H2,1-2H3. The molecule has 0 aliphatic rings. The molecule has 0 fully saturated rings. The third kappa shape index (κ3) is 3.44. The van der Waals surface area contributed by atoms with Gasteiger partial charge in [0.1, 0.15) is 0 Å². The topological polar surface area (TPSA) is 82.1 Å². The van der Waals surface area contributed by atoms with Crippen molar-refractivity contribution in [3.63, 3.8) is 0 Å². The zero-order valence-corrected chi connectivity index (χ0v) is 9.57. The average molecular weight is 219 g/mol. The van der Waals surface area contributed by atoms with Gasteiger partial charge in [-0.15, -0.1) is 0 Å². The molecule has 86 valence electrons. The molecule has 0 saturated heterocycles. The summed E-state index contributed by atoms with van der Waals surface area (Å²) in [7, 11) is 0. The highest BCUT2D eigenvalue weighted by Gasteiger charge is 2.07. The summed E-state index contributed by atoms with van der Waals surface area (Å²) in [5.41, 5.74) is 7.70. The first kappa shape index (κ1) is 12.3. The number of hydrogen-bond donors (Lipinski definition) is 3. The quantitative estimate of drug-likeness (QED) is 0.673. The Bertz CT molecular complexity index is 396. The Hall–Kier alpha value is -1.73. The fourth-order valence-electron chi connectivity index (χ4n) is 1.60. The number of benzene rings is 1. The van der Waals surface area contributed by atoms with Crippen LogP contribution in [0, 0.1) is 11.3 Å². The minimum Gasteiger partial charge on any atom is -0.397 e. The van der Waals surface area contributed by atoms with Gasteiger partial charge in [-0.1, -0.05) is 0 Å². The van der Waals surface area contributed by atoms with Gasteiger partial charge in [0.25, 0.3) is 0 Å². The zero-order chi connectivity index (χ0) is 12.1. The molecule has 0 heterocycles. The highest BCUT2D eigenvalue weighted by molar-refractivity contribution is 5.68. The van der Waals surface area contributed by atoms with Crippen molar-refractivity contribution < 1.29 is 5.11 Å². The number of nitriles is 1. The van der Waals surface area contributed by atoms with Gasteiger partial charge in [0.05, 0.1) is 29.1 Å². The van der Waals surface area contributed by atoms with Crippen LogP contribution in [-0.4, -0.2) is 17.3 Å². The fourth-order valence-corrected chi connectivity index (χ4v) is 1.60. The third-order valence-electron chi connectivity index (χ3n) is 2.28. The maximum absolute atomic E-state index is 9.24. The molecule has 0 aliphatic carbocycles. The van der Waals surface area contributed by atoms with Gasteiger partial charge in [-0.05, 0) is 38.5 Å². The Morgan fingerprint density at radius 3 is 2.69 bits per heavy atom. The van der Waals surface area contributed by atoms with Gasteiger partial charge >= 0.3 is 0 Å². The van der Waals surface area contributed by atoms with Crippen molar-refractivity contribution in [2.45, 2.75) is 32.4 Å². The lowest BCUT2D eigenvalue weighted by Crippen LogP contribution is -2.21. The minimum absolute atomic E-state index is 0.134. The van der Waals surface area contributed by atoms with Crippen molar-refractivity contribution in [1.82, 2.24) is 0 Å². The second-order valence-electron chi connectivity index (χ2n) is 4.04. The lowest BCUT2D eigenvalue weighted by Gasteiger charge is -2.18. The summed E-state index contributed by atoms with van der Waals surface area (Å²) in [5.74, 6) is 0. The first-order valence-electron chi connectivity index (χ1n) is 5.27. The van der Waals surface area contributed by atoms with E-state index in [0.717, 1.165) is 5.69 Å². The van der Waals surface area contributed by atoms with Crippen molar-refractivity contribution in [2.75, 3.05) is 11.1 Å². The fraction of sp³-hybridized carbons (Fsp3) is 0.417. The van der Waals surface area contributed by atoms with E-state index in [2.05, 4.69) is 5.32 Å². The Morgan fingerprint density at radius 1 is 1.50 bits per heavy atom. The summed E-state index contributed by atoms with van der Waals surface area (Å²) in [4.78, 5) is 0. The first-order valence-corrected chi connectivity index (χ1v) is 5.27. The molecular formula is C12H17N3O. The van der Waals surface area contributed by atoms with E-state index in [-0.39, 0.29) is 12.1 Å². The molecule has 0 aromatic heterocycles. The van der Waals surface area contributed by atoms with Crippen LogP contribution in [0.2, 0.25) is 0 Å². The monoisotopic (exact) mass is 219 g/mol. The van der Waals surface area contributed by atoms with Crippen LogP contribution in [0.5, 0.6) is 0 Å². The molecule has 16 heavy (non-hydrogen) atoms. The van der Waals surface area contributed by atoms with Crippen molar-refractivity contribution >= 4 is 11.4 Å². The zero-order valence-electron chi connectivity index (χ0n) is 9.57. The lowest BCUT2D eigenvalue weighted by molar-refractivity contribution is 0.179. The summed E-state index contributed by atoms with van der Waals surface area (Å²) >= 11 is 0. The second kappa shape index (κ2) is 5.38. The number of aliphatic hydroxyl groups is 1. The molecule has 2 atom stereocenters. The molecule has 4 nitrogen and oxygen atoms in total. The summed E-state index contributed by atoms with van der Waals surface area (Å²) in [6.45, 7) is 3.73.